The van der Waals surface area contributed by atoms with Crippen LogP contribution in [0.2, 0.25) is 0 Å². The van der Waals surface area contributed by atoms with Crippen molar-refractivity contribution in [3.05, 3.63) is 0 Å². The van der Waals surface area contributed by atoms with Crippen molar-refractivity contribution in [2.24, 2.45) is 11.8 Å². The number of piperidine rings is 1. The highest BCUT2D eigenvalue weighted by Gasteiger charge is 2.34. The van der Waals surface area contributed by atoms with Crippen molar-refractivity contribution in [2.45, 2.75) is 32.3 Å². The van der Waals surface area contributed by atoms with Gasteiger partial charge < -0.3 is 15.3 Å². The lowest BCUT2D eigenvalue weighted by atomic mass is 9.89. The van der Waals surface area contributed by atoms with Gasteiger partial charge in [-0.1, -0.05) is 13.3 Å². The fraction of sp³-hybridized carbons (Fsp3) is 0.917. The molecule has 2 N–H and O–H groups in total. The lowest BCUT2D eigenvalue weighted by molar-refractivity contribution is -0.141. The van der Waals surface area contributed by atoms with Gasteiger partial charge in [-0.15, -0.1) is 0 Å². The van der Waals surface area contributed by atoms with Crippen LogP contribution in [-0.2, 0) is 4.79 Å². The maximum atomic E-state index is 12.0. The number of likely N-dealkylation sites (tertiary alicyclic amines) is 1. The van der Waals surface area contributed by atoms with E-state index in [1.807, 2.05) is 4.90 Å². The molecular formula is C12H22N2O2. The summed E-state index contributed by atoms with van der Waals surface area (Å²) in [6, 6.07) is 0. The van der Waals surface area contributed by atoms with Gasteiger partial charge in [-0.25, -0.2) is 0 Å². The number of nitrogens with one attached hydrogen (secondary N) is 1. The Morgan fingerprint density at radius 2 is 2.25 bits per heavy atom. The smallest absolute Gasteiger partial charge is 0.228 e. The van der Waals surface area contributed by atoms with Gasteiger partial charge in [0.15, 0.2) is 0 Å². The van der Waals surface area contributed by atoms with Gasteiger partial charge in [0.2, 0.25) is 5.91 Å². The van der Waals surface area contributed by atoms with Crippen LogP contribution < -0.4 is 5.32 Å². The molecule has 2 atom stereocenters. The monoisotopic (exact) mass is 226 g/mol. The first-order chi connectivity index (χ1) is 7.72. The first-order valence-corrected chi connectivity index (χ1v) is 6.40. The van der Waals surface area contributed by atoms with Gasteiger partial charge in [-0.3, -0.25) is 4.79 Å². The van der Waals surface area contributed by atoms with E-state index in [-0.39, 0.29) is 23.8 Å². The number of nitrogens with zero attached hydrogens (tertiary/aromatic N) is 1. The molecule has 0 unspecified atom stereocenters. The van der Waals surface area contributed by atoms with E-state index in [9.17, 15) is 9.90 Å². The van der Waals surface area contributed by atoms with Crippen molar-refractivity contribution in [2.75, 3.05) is 26.2 Å². The van der Waals surface area contributed by atoms with Crippen LogP contribution in [0, 0.1) is 11.8 Å². The van der Waals surface area contributed by atoms with Gasteiger partial charge >= 0.3 is 0 Å². The largest absolute Gasteiger partial charge is 0.393 e. The Labute approximate surface area is 97.0 Å². The first kappa shape index (κ1) is 11.9. The number of carbonyl (C=O) groups excluding carboxylic acids is 1. The van der Waals surface area contributed by atoms with Crippen molar-refractivity contribution >= 4 is 5.91 Å². The molecular weight excluding hydrogens is 204 g/mol. The fourth-order valence-electron chi connectivity index (χ4n) is 2.60. The standard InChI is InChI=1S/C12H22N2O2/c1-2-3-9-8-14(5-4-11(9)15)12(16)10-6-13-7-10/h9-11,13,15H,2-8H2,1H3/t9-,11+/m1/s1. The summed E-state index contributed by atoms with van der Waals surface area (Å²) in [5.74, 6) is 0.764. The van der Waals surface area contributed by atoms with Gasteiger partial charge in [0, 0.05) is 32.1 Å². The topological polar surface area (TPSA) is 52.6 Å². The van der Waals surface area contributed by atoms with Crippen LogP contribution in [-0.4, -0.2) is 48.2 Å². The van der Waals surface area contributed by atoms with Gasteiger partial charge in [-0.2, -0.15) is 0 Å². The molecule has 0 spiro atoms. The summed E-state index contributed by atoms with van der Waals surface area (Å²) in [7, 11) is 0. The van der Waals surface area contributed by atoms with Crippen molar-refractivity contribution in [3.8, 4) is 0 Å². The predicted molar refractivity (Wildman–Crippen MR) is 62.0 cm³/mol. The molecule has 2 rings (SSSR count). The molecule has 2 aliphatic rings. The third-order valence-corrected chi connectivity index (χ3v) is 3.80. The Morgan fingerprint density at radius 3 is 2.81 bits per heavy atom. The van der Waals surface area contributed by atoms with Crippen LogP contribution in [0.1, 0.15) is 26.2 Å². The molecule has 1 amide bonds. The van der Waals surface area contributed by atoms with Crippen LogP contribution in [0.4, 0.5) is 0 Å². The number of aliphatic hydroxyl groups is 1. The summed E-state index contributed by atoms with van der Waals surface area (Å²) in [6.07, 6.45) is 2.64. The molecule has 0 aromatic carbocycles. The number of amides is 1. The average Bonchev–Trinajstić information content (AvgIpc) is 2.19. The molecule has 92 valence electrons. The zero-order chi connectivity index (χ0) is 11.5. The second kappa shape index (κ2) is 5.15. The normalized spacial score (nSPS) is 31.2. The molecule has 2 saturated heterocycles. The molecule has 0 aliphatic carbocycles. The van der Waals surface area contributed by atoms with Gasteiger partial charge in [0.1, 0.15) is 0 Å². The Bertz CT molecular complexity index is 253. The van der Waals surface area contributed by atoms with E-state index < -0.39 is 0 Å². The Kier molecular flexibility index (Phi) is 3.82. The SMILES string of the molecule is CCC[C@@H]1CN(C(=O)C2CNC2)CC[C@@H]1O. The molecule has 0 bridgehead atoms. The molecule has 0 aromatic heterocycles. The second-order valence-corrected chi connectivity index (χ2v) is 5.04. The zero-order valence-electron chi connectivity index (χ0n) is 9.98. The summed E-state index contributed by atoms with van der Waals surface area (Å²) in [4.78, 5) is 14.0. The van der Waals surface area contributed by atoms with Crippen LogP contribution in [0.3, 0.4) is 0 Å². The summed E-state index contributed by atoms with van der Waals surface area (Å²) in [5.41, 5.74) is 0. The van der Waals surface area contributed by atoms with Crippen molar-refractivity contribution in [1.82, 2.24) is 10.2 Å². The molecule has 16 heavy (non-hydrogen) atoms. The minimum atomic E-state index is -0.205. The summed E-state index contributed by atoms with van der Waals surface area (Å²) in [6.45, 7) is 5.27. The van der Waals surface area contributed by atoms with Crippen molar-refractivity contribution in [1.29, 1.82) is 0 Å². The summed E-state index contributed by atoms with van der Waals surface area (Å²) < 4.78 is 0. The maximum Gasteiger partial charge on any atom is 0.228 e. The third kappa shape index (κ3) is 2.38. The quantitative estimate of drug-likeness (QED) is 0.723. The third-order valence-electron chi connectivity index (χ3n) is 3.80. The van der Waals surface area contributed by atoms with Gasteiger partial charge in [0.05, 0.1) is 12.0 Å². The molecule has 0 radical (unpaired) electrons. The van der Waals surface area contributed by atoms with Crippen LogP contribution in [0.5, 0.6) is 0 Å². The number of rotatable bonds is 3. The second-order valence-electron chi connectivity index (χ2n) is 5.04. The summed E-state index contributed by atoms with van der Waals surface area (Å²) in [5, 5.41) is 13.0. The minimum Gasteiger partial charge on any atom is -0.393 e. The molecule has 4 heteroatoms. The zero-order valence-corrected chi connectivity index (χ0v) is 9.98. The van der Waals surface area contributed by atoms with Crippen LogP contribution in [0.25, 0.3) is 0 Å². The van der Waals surface area contributed by atoms with E-state index in [0.29, 0.717) is 0 Å². The Hall–Kier alpha value is -0.610. The van der Waals surface area contributed by atoms with E-state index in [4.69, 9.17) is 0 Å². The van der Waals surface area contributed by atoms with E-state index in [1.54, 1.807) is 0 Å². The fourth-order valence-corrected chi connectivity index (χ4v) is 2.60. The van der Waals surface area contributed by atoms with E-state index in [2.05, 4.69) is 12.2 Å². The molecule has 0 saturated carbocycles. The van der Waals surface area contributed by atoms with E-state index in [0.717, 1.165) is 45.4 Å². The molecule has 2 heterocycles. The predicted octanol–water partition coefficient (Wildman–Crippen LogP) is 0.215. The molecule has 2 aliphatic heterocycles. The van der Waals surface area contributed by atoms with Crippen LogP contribution in [0.15, 0.2) is 0 Å². The van der Waals surface area contributed by atoms with Crippen LogP contribution >= 0.6 is 0 Å². The molecule has 2 fully saturated rings. The molecule has 0 aromatic rings. The van der Waals surface area contributed by atoms with Crippen molar-refractivity contribution < 1.29 is 9.90 Å². The number of aliphatic hydroxyl groups excluding tert-OH is 1. The lowest BCUT2D eigenvalue weighted by Gasteiger charge is -2.39. The Morgan fingerprint density at radius 1 is 1.50 bits per heavy atom. The number of carbonyl (C=O) groups is 1. The summed E-state index contributed by atoms with van der Waals surface area (Å²) >= 11 is 0. The average molecular weight is 226 g/mol. The highest BCUT2D eigenvalue weighted by atomic mass is 16.3. The molecule has 4 nitrogen and oxygen atoms in total. The highest BCUT2D eigenvalue weighted by molar-refractivity contribution is 5.80. The number of hydrogen-bond acceptors (Lipinski definition) is 3. The first-order valence-electron chi connectivity index (χ1n) is 6.40. The Balaban J connectivity index is 1.88. The van der Waals surface area contributed by atoms with E-state index in [1.165, 1.54) is 0 Å². The maximum absolute atomic E-state index is 12.0. The lowest BCUT2D eigenvalue weighted by Crippen LogP contribution is -2.55. The van der Waals surface area contributed by atoms with Crippen molar-refractivity contribution in [3.63, 3.8) is 0 Å². The number of hydrogen-bond donors (Lipinski definition) is 2. The van der Waals surface area contributed by atoms with Gasteiger partial charge in [0.25, 0.3) is 0 Å². The van der Waals surface area contributed by atoms with E-state index >= 15 is 0 Å². The minimum absolute atomic E-state index is 0.192. The highest BCUT2D eigenvalue weighted by Crippen LogP contribution is 2.23. The van der Waals surface area contributed by atoms with Gasteiger partial charge in [-0.05, 0) is 12.8 Å².